The fraction of sp³-hybridized carbons (Fsp3) is 0.125. The molecule has 1 rings (SSSR count). The quantitative estimate of drug-likeness (QED) is 0.648. The van der Waals surface area contributed by atoms with Crippen LogP contribution in [0.25, 0.3) is 0 Å². The summed E-state index contributed by atoms with van der Waals surface area (Å²) in [5.41, 5.74) is -1.41. The van der Waals surface area contributed by atoms with Gasteiger partial charge in [-0.15, -0.1) is 0 Å². The molecule has 1 nitrogen and oxygen atoms in total. The fourth-order valence-corrected chi connectivity index (χ4v) is 1.05. The van der Waals surface area contributed by atoms with E-state index >= 15 is 0 Å². The van der Waals surface area contributed by atoms with Crippen LogP contribution < -0.4 is 0 Å². The molecule has 0 atom stereocenters. The van der Waals surface area contributed by atoms with Gasteiger partial charge in [0.15, 0.2) is 6.29 Å². The molecule has 0 heterocycles. The second kappa shape index (κ2) is 3.38. The van der Waals surface area contributed by atoms with Gasteiger partial charge in [-0.3, -0.25) is 4.79 Å². The van der Waals surface area contributed by atoms with E-state index < -0.39 is 17.3 Å². The summed E-state index contributed by atoms with van der Waals surface area (Å²) < 4.78 is 36.6. The van der Waals surface area contributed by atoms with Crippen LogP contribution in [0.15, 0.2) is 18.2 Å². The van der Waals surface area contributed by atoms with Crippen molar-refractivity contribution in [3.05, 3.63) is 34.3 Å². The maximum atomic E-state index is 12.2. The Hall–Kier alpha value is -1.03. The standard InChI is InChI=1S/C8H4ClF3O/c9-6-2-1-5(4-13)7(3-6)8(10,11)12/h1-4H. The third-order valence-electron chi connectivity index (χ3n) is 1.45. The van der Waals surface area contributed by atoms with Crippen molar-refractivity contribution in [1.82, 2.24) is 0 Å². The lowest BCUT2D eigenvalue weighted by molar-refractivity contribution is -0.137. The van der Waals surface area contributed by atoms with E-state index in [0.29, 0.717) is 0 Å². The molecule has 1 aromatic rings. The Morgan fingerprint density at radius 3 is 2.38 bits per heavy atom. The van der Waals surface area contributed by atoms with Crippen molar-refractivity contribution in [2.75, 3.05) is 0 Å². The topological polar surface area (TPSA) is 17.1 Å². The Labute approximate surface area is 77.1 Å². The van der Waals surface area contributed by atoms with Crippen molar-refractivity contribution in [1.29, 1.82) is 0 Å². The Bertz CT molecular complexity index is 333. The SMILES string of the molecule is O=Cc1ccc(Cl)cc1C(F)(F)F. The van der Waals surface area contributed by atoms with Crippen LogP contribution in [0.1, 0.15) is 15.9 Å². The van der Waals surface area contributed by atoms with Crippen LogP contribution in [-0.4, -0.2) is 6.29 Å². The van der Waals surface area contributed by atoms with Gasteiger partial charge in [0.2, 0.25) is 0 Å². The lowest BCUT2D eigenvalue weighted by Crippen LogP contribution is -2.08. The third kappa shape index (κ3) is 2.21. The van der Waals surface area contributed by atoms with Gasteiger partial charge >= 0.3 is 6.18 Å². The molecule has 0 saturated carbocycles. The van der Waals surface area contributed by atoms with Gasteiger partial charge in [0.1, 0.15) is 0 Å². The molecule has 0 saturated heterocycles. The molecular weight excluding hydrogens is 205 g/mol. The lowest BCUT2D eigenvalue weighted by Gasteiger charge is -2.08. The summed E-state index contributed by atoms with van der Waals surface area (Å²) in [6.45, 7) is 0. The number of halogens is 4. The molecule has 5 heteroatoms. The minimum atomic E-state index is -4.54. The highest BCUT2D eigenvalue weighted by molar-refractivity contribution is 6.30. The first kappa shape index (κ1) is 10.1. The number of benzene rings is 1. The van der Waals surface area contributed by atoms with E-state index in [4.69, 9.17) is 11.6 Å². The molecule has 0 aliphatic carbocycles. The van der Waals surface area contributed by atoms with Crippen molar-refractivity contribution in [2.45, 2.75) is 6.18 Å². The monoisotopic (exact) mass is 208 g/mol. The van der Waals surface area contributed by atoms with Crippen molar-refractivity contribution in [2.24, 2.45) is 0 Å². The summed E-state index contributed by atoms with van der Waals surface area (Å²) in [7, 11) is 0. The minimum Gasteiger partial charge on any atom is -0.298 e. The summed E-state index contributed by atoms with van der Waals surface area (Å²) in [6, 6.07) is 3.00. The number of hydrogen-bond acceptors (Lipinski definition) is 1. The van der Waals surface area contributed by atoms with Gasteiger partial charge in [-0.05, 0) is 18.2 Å². The first-order chi connectivity index (χ1) is 5.95. The molecule has 0 unspecified atom stereocenters. The summed E-state index contributed by atoms with van der Waals surface area (Å²) in [4.78, 5) is 10.2. The van der Waals surface area contributed by atoms with E-state index in [1.54, 1.807) is 0 Å². The minimum absolute atomic E-state index is 0.0436. The Balaban J connectivity index is 3.32. The van der Waals surface area contributed by atoms with E-state index in [0.717, 1.165) is 12.1 Å². The van der Waals surface area contributed by atoms with Crippen molar-refractivity contribution in [3.8, 4) is 0 Å². The van der Waals surface area contributed by atoms with Crippen molar-refractivity contribution >= 4 is 17.9 Å². The molecule has 0 spiro atoms. The largest absolute Gasteiger partial charge is 0.417 e. The van der Waals surface area contributed by atoms with Gasteiger partial charge in [-0.1, -0.05) is 11.6 Å². The van der Waals surface area contributed by atoms with E-state index in [9.17, 15) is 18.0 Å². The van der Waals surface area contributed by atoms with E-state index in [1.165, 1.54) is 6.07 Å². The number of rotatable bonds is 1. The predicted octanol–water partition coefficient (Wildman–Crippen LogP) is 3.17. The zero-order chi connectivity index (χ0) is 10.1. The summed E-state index contributed by atoms with van der Waals surface area (Å²) >= 11 is 5.36. The number of carbonyl (C=O) groups excluding carboxylic acids is 1. The van der Waals surface area contributed by atoms with Gasteiger partial charge in [-0.2, -0.15) is 13.2 Å². The van der Waals surface area contributed by atoms with Crippen LogP contribution in [0, 0.1) is 0 Å². The second-order valence-electron chi connectivity index (χ2n) is 2.35. The Kier molecular flexibility index (Phi) is 2.61. The van der Waals surface area contributed by atoms with E-state index in [1.807, 2.05) is 0 Å². The number of aldehydes is 1. The van der Waals surface area contributed by atoms with Gasteiger partial charge in [0.05, 0.1) is 5.56 Å². The van der Waals surface area contributed by atoms with Crippen LogP contribution in [0.5, 0.6) is 0 Å². The first-order valence-electron chi connectivity index (χ1n) is 3.27. The van der Waals surface area contributed by atoms with Crippen LogP contribution in [0.4, 0.5) is 13.2 Å². The van der Waals surface area contributed by atoms with Crippen LogP contribution >= 0.6 is 11.6 Å². The Morgan fingerprint density at radius 2 is 1.92 bits per heavy atom. The van der Waals surface area contributed by atoms with Gasteiger partial charge < -0.3 is 0 Å². The molecule has 0 amide bonds. The summed E-state index contributed by atoms with van der Waals surface area (Å²) in [6.07, 6.45) is -4.39. The molecule has 70 valence electrons. The van der Waals surface area contributed by atoms with Crippen LogP contribution in [0.3, 0.4) is 0 Å². The van der Waals surface area contributed by atoms with Crippen LogP contribution in [0.2, 0.25) is 5.02 Å². The lowest BCUT2D eigenvalue weighted by atomic mass is 10.1. The molecule has 0 fully saturated rings. The molecular formula is C8H4ClF3O. The average Bonchev–Trinajstić information content (AvgIpc) is 2.03. The fourth-order valence-electron chi connectivity index (χ4n) is 0.877. The zero-order valence-corrected chi connectivity index (χ0v) is 6.99. The summed E-state index contributed by atoms with van der Waals surface area (Å²) in [5, 5.41) is -0.0436. The normalized spacial score (nSPS) is 11.4. The number of alkyl halides is 3. The molecule has 0 radical (unpaired) electrons. The molecule has 0 aliphatic heterocycles. The third-order valence-corrected chi connectivity index (χ3v) is 1.68. The number of hydrogen-bond donors (Lipinski definition) is 0. The average molecular weight is 209 g/mol. The highest BCUT2D eigenvalue weighted by atomic mass is 35.5. The highest BCUT2D eigenvalue weighted by Gasteiger charge is 2.33. The van der Waals surface area contributed by atoms with Gasteiger partial charge in [0, 0.05) is 10.6 Å². The molecule has 0 N–H and O–H groups in total. The highest BCUT2D eigenvalue weighted by Crippen LogP contribution is 2.32. The number of carbonyl (C=O) groups is 1. The van der Waals surface area contributed by atoms with Crippen LogP contribution in [-0.2, 0) is 6.18 Å². The second-order valence-corrected chi connectivity index (χ2v) is 2.78. The maximum Gasteiger partial charge on any atom is 0.417 e. The van der Waals surface area contributed by atoms with Gasteiger partial charge in [-0.25, -0.2) is 0 Å². The molecule has 13 heavy (non-hydrogen) atoms. The maximum absolute atomic E-state index is 12.2. The first-order valence-corrected chi connectivity index (χ1v) is 3.65. The van der Waals surface area contributed by atoms with E-state index in [2.05, 4.69) is 0 Å². The van der Waals surface area contributed by atoms with Crippen molar-refractivity contribution < 1.29 is 18.0 Å². The summed E-state index contributed by atoms with van der Waals surface area (Å²) in [5.74, 6) is 0. The predicted molar refractivity (Wildman–Crippen MR) is 41.8 cm³/mol. The molecule has 1 aromatic carbocycles. The molecule has 0 bridgehead atoms. The Morgan fingerprint density at radius 1 is 1.31 bits per heavy atom. The van der Waals surface area contributed by atoms with Crippen molar-refractivity contribution in [3.63, 3.8) is 0 Å². The van der Waals surface area contributed by atoms with E-state index in [-0.39, 0.29) is 11.3 Å². The zero-order valence-electron chi connectivity index (χ0n) is 6.23. The molecule has 0 aromatic heterocycles. The smallest absolute Gasteiger partial charge is 0.298 e. The molecule has 0 aliphatic rings. The van der Waals surface area contributed by atoms with Gasteiger partial charge in [0.25, 0.3) is 0 Å².